The number of Topliss-reactive ketones (excluding diaryl/α,β-unsaturated/α-hetero) is 1. The summed E-state index contributed by atoms with van der Waals surface area (Å²) in [6, 6.07) is 7.96. The lowest BCUT2D eigenvalue weighted by atomic mass is 9.45. The molecule has 3 fully saturated rings. The van der Waals surface area contributed by atoms with Crippen molar-refractivity contribution in [1.29, 1.82) is 0 Å². The molecule has 4 aliphatic rings. The number of allylic oxidation sites excluding steroid dienone is 1. The quantitative estimate of drug-likeness (QED) is 0.317. The maximum absolute atomic E-state index is 13.5. The van der Waals surface area contributed by atoms with Crippen LogP contribution in [-0.2, 0) is 30.3 Å². The van der Waals surface area contributed by atoms with Crippen molar-refractivity contribution in [3.63, 3.8) is 0 Å². The summed E-state index contributed by atoms with van der Waals surface area (Å²) in [5.41, 5.74) is 0.481. The van der Waals surface area contributed by atoms with Gasteiger partial charge in [-0.25, -0.2) is 0 Å². The summed E-state index contributed by atoms with van der Waals surface area (Å²) in [4.78, 5) is 53.6. The van der Waals surface area contributed by atoms with Crippen molar-refractivity contribution in [1.82, 2.24) is 10.3 Å². The van der Waals surface area contributed by atoms with E-state index in [2.05, 4.69) is 17.2 Å². The second-order valence-electron chi connectivity index (χ2n) is 14.0. The van der Waals surface area contributed by atoms with Crippen molar-refractivity contribution in [2.24, 2.45) is 28.6 Å². The summed E-state index contributed by atoms with van der Waals surface area (Å²) in [6.45, 7) is 3.95. The van der Waals surface area contributed by atoms with E-state index in [0.29, 0.717) is 25.8 Å². The molecule has 1 aromatic heterocycles. The van der Waals surface area contributed by atoms with Gasteiger partial charge >= 0.3 is 5.97 Å². The molecule has 3 saturated carbocycles. The second kappa shape index (κ2) is 11.6. The first-order valence-electron chi connectivity index (χ1n) is 16.1. The second-order valence-corrected chi connectivity index (χ2v) is 14.0. The molecule has 44 heavy (non-hydrogen) atoms. The lowest BCUT2D eigenvalue weighted by Crippen LogP contribution is -2.62. The predicted molar refractivity (Wildman–Crippen MR) is 163 cm³/mol. The molecule has 0 unspecified atom stereocenters. The molecule has 0 spiro atoms. The Balaban J connectivity index is 1.00. The number of esters is 1. The van der Waals surface area contributed by atoms with Gasteiger partial charge in [-0.3, -0.25) is 19.2 Å². The van der Waals surface area contributed by atoms with Crippen LogP contribution in [0.3, 0.4) is 0 Å². The average molecular weight is 605 g/mol. The van der Waals surface area contributed by atoms with E-state index in [4.69, 9.17) is 4.74 Å². The number of carbonyl (C=O) groups is 4. The van der Waals surface area contributed by atoms with Gasteiger partial charge in [-0.15, -0.1) is 0 Å². The normalized spacial score (nSPS) is 34.5. The van der Waals surface area contributed by atoms with E-state index in [-0.39, 0.29) is 60.5 Å². The van der Waals surface area contributed by atoms with Crippen LogP contribution < -0.4 is 5.32 Å². The van der Waals surface area contributed by atoms with Crippen LogP contribution in [0.1, 0.15) is 77.2 Å². The lowest BCUT2D eigenvalue weighted by Gasteiger charge is -2.60. The number of amides is 1. The first-order valence-corrected chi connectivity index (χ1v) is 16.1. The molecule has 1 amide bonds. The number of fused-ring (bicyclic) bond motifs is 6. The third-order valence-corrected chi connectivity index (χ3v) is 11.8. The average Bonchev–Trinajstić information content (AvgIpc) is 3.53. The molecule has 2 aromatic rings. The molecule has 1 aromatic carbocycles. The molecule has 9 heteroatoms. The zero-order valence-electron chi connectivity index (χ0n) is 25.7. The minimum atomic E-state index is -1.71. The van der Waals surface area contributed by atoms with E-state index in [1.807, 2.05) is 37.4 Å². The van der Waals surface area contributed by atoms with Crippen molar-refractivity contribution in [2.75, 3.05) is 13.2 Å². The highest BCUT2D eigenvalue weighted by atomic mass is 16.5. The minimum Gasteiger partial charge on any atom is -0.458 e. The number of hydrogen-bond donors (Lipinski definition) is 4. The highest BCUT2D eigenvalue weighted by Gasteiger charge is 2.68. The molecule has 4 aliphatic carbocycles. The Morgan fingerprint density at radius 1 is 1.09 bits per heavy atom. The first-order chi connectivity index (χ1) is 21.0. The zero-order chi connectivity index (χ0) is 31.3. The van der Waals surface area contributed by atoms with Gasteiger partial charge in [0.1, 0.15) is 5.60 Å². The van der Waals surface area contributed by atoms with Crippen molar-refractivity contribution in [3.8, 4) is 0 Å². The van der Waals surface area contributed by atoms with Crippen LogP contribution in [0.2, 0.25) is 0 Å². The van der Waals surface area contributed by atoms with E-state index in [1.54, 1.807) is 6.08 Å². The van der Waals surface area contributed by atoms with Crippen LogP contribution in [0.15, 0.2) is 42.1 Å². The van der Waals surface area contributed by atoms with Crippen molar-refractivity contribution in [3.05, 3.63) is 47.7 Å². The van der Waals surface area contributed by atoms with Gasteiger partial charge in [0.25, 0.3) is 0 Å². The molecular formula is C35H44N2O7. The number of benzene rings is 1. The van der Waals surface area contributed by atoms with Crippen LogP contribution in [-0.4, -0.2) is 63.5 Å². The fourth-order valence-corrected chi connectivity index (χ4v) is 9.47. The van der Waals surface area contributed by atoms with E-state index < -0.39 is 35.5 Å². The standard InChI is InChI=1S/C35H44N2O7/c1-33-14-11-23(38)17-22(33)7-8-25-26-12-15-35(43,34(26,2)18-28(39)32(25)33)29(40)20-44-31(42)10-9-30(41)36-16-13-21-19-37-27-6-4-3-5-24(21)27/h3-6,17,19,25-26,28,32,37,39,43H,7-16,18,20H2,1-2H3,(H,36,41)/t25-,26-,28+,32+,33-,34-,35-/m0/s1. The van der Waals surface area contributed by atoms with Gasteiger partial charge in [-0.2, -0.15) is 0 Å². The zero-order valence-corrected chi connectivity index (χ0v) is 25.7. The van der Waals surface area contributed by atoms with Gasteiger partial charge in [0.05, 0.1) is 12.5 Å². The molecule has 9 nitrogen and oxygen atoms in total. The third kappa shape index (κ3) is 5.11. The van der Waals surface area contributed by atoms with Crippen LogP contribution in [0, 0.1) is 28.6 Å². The number of hydrogen-bond acceptors (Lipinski definition) is 7. The Bertz CT molecular complexity index is 1510. The number of aliphatic hydroxyl groups excluding tert-OH is 1. The lowest BCUT2D eigenvalue weighted by molar-refractivity contribution is -0.184. The summed E-state index contributed by atoms with van der Waals surface area (Å²) < 4.78 is 5.26. The predicted octanol–water partition coefficient (Wildman–Crippen LogP) is 3.95. The summed E-state index contributed by atoms with van der Waals surface area (Å²) >= 11 is 0. The number of para-hydroxylation sites is 1. The van der Waals surface area contributed by atoms with Gasteiger partial charge in [0.15, 0.2) is 12.4 Å². The molecule has 0 saturated heterocycles. The van der Waals surface area contributed by atoms with Gasteiger partial charge in [-0.05, 0) is 85.8 Å². The van der Waals surface area contributed by atoms with Gasteiger partial charge in [0, 0.05) is 41.9 Å². The highest BCUT2D eigenvalue weighted by molar-refractivity contribution is 5.92. The SMILES string of the molecule is C[C@]12CCC(=O)C=C1CC[C@@H]1[C@@H]2[C@H](O)C[C@@]2(C)[C@H]1CC[C@]2(O)C(=O)COC(=O)CCC(=O)NCCc1c[nH]c2ccccc12. The number of aromatic amines is 1. The smallest absolute Gasteiger partial charge is 0.306 e. The fraction of sp³-hybridized carbons (Fsp3) is 0.600. The fourth-order valence-electron chi connectivity index (χ4n) is 9.47. The van der Waals surface area contributed by atoms with Crippen LogP contribution in [0.25, 0.3) is 10.9 Å². The number of nitrogens with one attached hydrogen (secondary N) is 2. The highest BCUT2D eigenvalue weighted by Crippen LogP contribution is 2.67. The molecule has 6 rings (SSSR count). The van der Waals surface area contributed by atoms with Gasteiger partial charge < -0.3 is 25.3 Å². The number of ketones is 2. The minimum absolute atomic E-state index is 0.0162. The van der Waals surface area contributed by atoms with Crippen LogP contribution in [0.5, 0.6) is 0 Å². The monoisotopic (exact) mass is 604 g/mol. The largest absolute Gasteiger partial charge is 0.458 e. The summed E-state index contributed by atoms with van der Waals surface area (Å²) in [5.74, 6) is -1.16. The molecular weight excluding hydrogens is 560 g/mol. The van der Waals surface area contributed by atoms with Crippen molar-refractivity contribution in [2.45, 2.75) is 89.8 Å². The number of carbonyl (C=O) groups excluding carboxylic acids is 4. The third-order valence-electron chi connectivity index (χ3n) is 11.8. The molecule has 4 N–H and O–H groups in total. The van der Waals surface area contributed by atoms with Crippen molar-refractivity contribution < 1.29 is 34.1 Å². The Morgan fingerprint density at radius 3 is 2.70 bits per heavy atom. The molecule has 236 valence electrons. The maximum Gasteiger partial charge on any atom is 0.306 e. The molecule has 7 atom stereocenters. The van der Waals surface area contributed by atoms with Crippen LogP contribution >= 0.6 is 0 Å². The number of ether oxygens (including phenoxy) is 1. The summed E-state index contributed by atoms with van der Waals surface area (Å²) in [7, 11) is 0. The molecule has 0 aliphatic heterocycles. The molecule has 0 bridgehead atoms. The number of H-pyrrole nitrogens is 1. The topological polar surface area (TPSA) is 146 Å². The number of aromatic nitrogens is 1. The molecule has 0 radical (unpaired) electrons. The Morgan fingerprint density at radius 2 is 1.89 bits per heavy atom. The van der Waals surface area contributed by atoms with E-state index in [0.717, 1.165) is 41.3 Å². The van der Waals surface area contributed by atoms with Gasteiger partial charge in [-0.1, -0.05) is 37.6 Å². The van der Waals surface area contributed by atoms with E-state index in [9.17, 15) is 29.4 Å². The summed E-state index contributed by atoms with van der Waals surface area (Å²) in [5, 5.41) is 27.3. The van der Waals surface area contributed by atoms with E-state index >= 15 is 0 Å². The Hall–Kier alpha value is -3.30. The Labute approximate surface area is 257 Å². The maximum atomic E-state index is 13.5. The number of aliphatic hydroxyl groups is 2. The van der Waals surface area contributed by atoms with E-state index in [1.165, 1.54) is 0 Å². The Kier molecular flexibility index (Phi) is 8.07. The summed E-state index contributed by atoms with van der Waals surface area (Å²) in [6.07, 6.45) is 7.47. The first kappa shape index (κ1) is 30.7. The number of rotatable bonds is 9. The van der Waals surface area contributed by atoms with Crippen LogP contribution in [0.4, 0.5) is 0 Å². The van der Waals surface area contributed by atoms with Crippen molar-refractivity contribution >= 4 is 34.3 Å². The van der Waals surface area contributed by atoms with Gasteiger partial charge in [0.2, 0.25) is 11.7 Å². The molecule has 1 heterocycles.